The molecule has 2 aromatic carbocycles. The molecule has 0 spiro atoms. The van der Waals surface area contributed by atoms with Crippen LogP contribution in [0.4, 0.5) is 4.39 Å². The van der Waals surface area contributed by atoms with Crippen LogP contribution in [0.15, 0.2) is 47.3 Å². The molecule has 3 aromatic rings. The molecule has 3 heterocycles. The van der Waals surface area contributed by atoms with Crippen molar-refractivity contribution in [3.05, 3.63) is 75.5 Å². The Morgan fingerprint density at radius 1 is 1.03 bits per heavy atom. The molecule has 2 atom stereocenters. The number of amides is 1. The van der Waals surface area contributed by atoms with Gasteiger partial charge >= 0.3 is 0 Å². The molecule has 1 N–H and O–H groups in total. The van der Waals surface area contributed by atoms with Crippen molar-refractivity contribution in [3.8, 4) is 0 Å². The molecule has 7 heteroatoms. The number of rotatable bonds is 5. The summed E-state index contributed by atoms with van der Waals surface area (Å²) >= 11 is 0. The molecule has 3 fully saturated rings. The van der Waals surface area contributed by atoms with Gasteiger partial charge in [-0.05, 0) is 60.8 Å². The lowest BCUT2D eigenvalue weighted by Crippen LogP contribution is -2.43. The lowest BCUT2D eigenvalue weighted by Gasteiger charge is -2.34. The molecule has 2 saturated heterocycles. The van der Waals surface area contributed by atoms with Gasteiger partial charge in [0, 0.05) is 44.5 Å². The quantitative estimate of drug-likeness (QED) is 0.633. The van der Waals surface area contributed by atoms with Crippen LogP contribution in [0.3, 0.4) is 0 Å². The zero-order valence-corrected chi connectivity index (χ0v) is 19.2. The molecule has 6 nitrogen and oxygen atoms in total. The maximum atomic E-state index is 14.8. The van der Waals surface area contributed by atoms with E-state index in [1.54, 1.807) is 18.2 Å². The van der Waals surface area contributed by atoms with E-state index < -0.39 is 5.82 Å². The van der Waals surface area contributed by atoms with Gasteiger partial charge in [0.05, 0.1) is 16.6 Å². The lowest BCUT2D eigenvalue weighted by atomic mass is 9.88. The number of likely N-dealkylation sites (tertiary alicyclic amines) is 2. The first-order valence-corrected chi connectivity index (χ1v) is 12.3. The molecule has 0 bridgehead atoms. The van der Waals surface area contributed by atoms with Crippen LogP contribution in [0.5, 0.6) is 0 Å². The van der Waals surface area contributed by atoms with E-state index in [0.29, 0.717) is 42.4 Å². The van der Waals surface area contributed by atoms with Crippen LogP contribution in [-0.4, -0.2) is 58.6 Å². The maximum absolute atomic E-state index is 14.8. The predicted octanol–water partition coefficient (Wildman–Crippen LogP) is 3.46. The number of H-pyrrole nitrogens is 1. The molecule has 1 amide bonds. The van der Waals surface area contributed by atoms with E-state index in [9.17, 15) is 14.0 Å². The summed E-state index contributed by atoms with van der Waals surface area (Å²) in [5.41, 5.74) is 1.38. The Balaban J connectivity index is 1.20. The monoisotopic (exact) mass is 460 g/mol. The first-order chi connectivity index (χ1) is 16.5. The largest absolute Gasteiger partial charge is 0.338 e. The molecular weight excluding hydrogens is 431 g/mol. The third-order valence-electron chi connectivity index (χ3n) is 7.79. The summed E-state index contributed by atoms with van der Waals surface area (Å²) in [5.74, 6) is 1.30. The minimum atomic E-state index is -0.489. The molecule has 34 heavy (non-hydrogen) atoms. The number of piperidine rings is 1. The number of hydrogen-bond donors (Lipinski definition) is 1. The average Bonchev–Trinajstić information content (AvgIpc) is 3.57. The molecule has 1 aromatic heterocycles. The molecular formula is C27H29FN4O2. The summed E-state index contributed by atoms with van der Waals surface area (Å²) in [6.45, 7) is 4.80. The first kappa shape index (κ1) is 21.5. The second-order valence-corrected chi connectivity index (χ2v) is 10.3. The summed E-state index contributed by atoms with van der Waals surface area (Å²) < 4.78 is 14.8. The third kappa shape index (κ3) is 4.13. The van der Waals surface area contributed by atoms with Crippen molar-refractivity contribution in [2.75, 3.05) is 32.7 Å². The number of carbonyl (C=O) groups excluding carboxylic acids is 1. The molecule has 3 aliphatic rings. The van der Waals surface area contributed by atoms with E-state index in [2.05, 4.69) is 15.1 Å². The van der Waals surface area contributed by atoms with Crippen LogP contribution in [0.1, 0.15) is 40.9 Å². The number of nitrogens with zero attached hydrogens (tertiary/aromatic N) is 3. The van der Waals surface area contributed by atoms with E-state index in [1.165, 1.54) is 25.5 Å². The van der Waals surface area contributed by atoms with E-state index in [0.717, 1.165) is 36.4 Å². The fourth-order valence-corrected chi connectivity index (χ4v) is 5.78. The summed E-state index contributed by atoms with van der Waals surface area (Å²) in [6, 6.07) is 12.0. The smallest absolute Gasteiger partial charge is 0.272 e. The number of nitrogens with one attached hydrogen (secondary N) is 1. The summed E-state index contributed by atoms with van der Waals surface area (Å²) in [5, 5.41) is 8.11. The van der Waals surface area contributed by atoms with Gasteiger partial charge in [0.2, 0.25) is 0 Å². The lowest BCUT2D eigenvalue weighted by molar-refractivity contribution is 0.0637. The Morgan fingerprint density at radius 2 is 1.82 bits per heavy atom. The molecule has 0 radical (unpaired) electrons. The van der Waals surface area contributed by atoms with Crippen LogP contribution >= 0.6 is 0 Å². The SMILES string of the molecule is O=C(c1cc(Cc2n[nH]c(=O)c3ccccc23)ccc1F)N1CCC2CN(CC3CC3)CC2C1. The number of aromatic nitrogens is 2. The highest BCUT2D eigenvalue weighted by atomic mass is 19.1. The molecule has 1 aliphatic carbocycles. The summed E-state index contributed by atoms with van der Waals surface area (Å²) in [7, 11) is 0. The van der Waals surface area contributed by atoms with Crippen molar-refractivity contribution in [1.29, 1.82) is 0 Å². The fourth-order valence-electron chi connectivity index (χ4n) is 5.78. The van der Waals surface area contributed by atoms with Crippen LogP contribution in [0, 0.1) is 23.6 Å². The highest BCUT2D eigenvalue weighted by Gasteiger charge is 2.40. The van der Waals surface area contributed by atoms with Gasteiger partial charge in [0.25, 0.3) is 11.5 Å². The number of halogens is 1. The van der Waals surface area contributed by atoms with E-state index in [4.69, 9.17) is 0 Å². The Kier molecular flexibility index (Phi) is 5.44. The van der Waals surface area contributed by atoms with Gasteiger partial charge in [-0.15, -0.1) is 0 Å². The van der Waals surface area contributed by atoms with E-state index in [1.807, 2.05) is 23.1 Å². The standard InChI is InChI=1S/C27H29FN4O2/c28-24-8-7-18(12-25-21-3-1-2-4-22(21)26(33)30-29-25)11-23(24)27(34)32-10-9-19-14-31(13-17-5-6-17)15-20(19)16-32/h1-4,7-8,11,17,19-20H,5-6,9-10,12-16H2,(H,30,33). The number of fused-ring (bicyclic) bond motifs is 2. The Morgan fingerprint density at radius 3 is 2.65 bits per heavy atom. The number of aromatic amines is 1. The van der Waals surface area contributed by atoms with Gasteiger partial charge in [0.1, 0.15) is 5.82 Å². The predicted molar refractivity (Wildman–Crippen MR) is 128 cm³/mol. The van der Waals surface area contributed by atoms with Gasteiger partial charge in [-0.2, -0.15) is 5.10 Å². The molecule has 2 aliphatic heterocycles. The maximum Gasteiger partial charge on any atom is 0.272 e. The van der Waals surface area contributed by atoms with E-state index >= 15 is 0 Å². The molecule has 176 valence electrons. The van der Waals surface area contributed by atoms with Crippen LogP contribution < -0.4 is 5.56 Å². The molecule has 1 saturated carbocycles. The highest BCUT2D eigenvalue weighted by Crippen LogP contribution is 2.36. The zero-order chi connectivity index (χ0) is 23.2. The van der Waals surface area contributed by atoms with Crippen molar-refractivity contribution in [2.45, 2.75) is 25.7 Å². The van der Waals surface area contributed by atoms with Gasteiger partial charge in [-0.25, -0.2) is 9.49 Å². The molecule has 2 unspecified atom stereocenters. The number of hydrogen-bond acceptors (Lipinski definition) is 4. The minimum absolute atomic E-state index is 0.123. The highest BCUT2D eigenvalue weighted by molar-refractivity contribution is 5.95. The van der Waals surface area contributed by atoms with Crippen molar-refractivity contribution in [2.24, 2.45) is 17.8 Å². The minimum Gasteiger partial charge on any atom is -0.338 e. The summed E-state index contributed by atoms with van der Waals surface area (Å²) in [4.78, 5) is 29.8. The first-order valence-electron chi connectivity index (χ1n) is 12.3. The van der Waals surface area contributed by atoms with Crippen molar-refractivity contribution in [3.63, 3.8) is 0 Å². The fraction of sp³-hybridized carbons (Fsp3) is 0.444. The van der Waals surface area contributed by atoms with Crippen molar-refractivity contribution >= 4 is 16.7 Å². The average molecular weight is 461 g/mol. The third-order valence-corrected chi connectivity index (χ3v) is 7.79. The van der Waals surface area contributed by atoms with Gasteiger partial charge < -0.3 is 9.80 Å². The second-order valence-electron chi connectivity index (χ2n) is 10.3. The van der Waals surface area contributed by atoms with Crippen molar-refractivity contribution in [1.82, 2.24) is 20.0 Å². The van der Waals surface area contributed by atoms with Gasteiger partial charge in [-0.1, -0.05) is 24.3 Å². The van der Waals surface area contributed by atoms with Gasteiger partial charge in [-0.3, -0.25) is 9.59 Å². The number of benzene rings is 2. The summed E-state index contributed by atoms with van der Waals surface area (Å²) in [6.07, 6.45) is 4.11. The topological polar surface area (TPSA) is 69.3 Å². The number of carbonyl (C=O) groups is 1. The normalized spacial score (nSPS) is 22.8. The molecule has 6 rings (SSSR count). The Bertz CT molecular complexity index is 1300. The van der Waals surface area contributed by atoms with E-state index in [-0.39, 0.29) is 17.0 Å². The van der Waals surface area contributed by atoms with Crippen molar-refractivity contribution < 1.29 is 9.18 Å². The Hall–Kier alpha value is -3.06. The zero-order valence-electron chi connectivity index (χ0n) is 19.2. The van der Waals surface area contributed by atoms with Gasteiger partial charge in [0.15, 0.2) is 0 Å². The van der Waals surface area contributed by atoms with Crippen LogP contribution in [0.25, 0.3) is 10.8 Å². The Labute approximate surface area is 197 Å². The van der Waals surface area contributed by atoms with Crippen LogP contribution in [-0.2, 0) is 6.42 Å². The van der Waals surface area contributed by atoms with Crippen LogP contribution in [0.2, 0.25) is 0 Å². The second kappa shape index (κ2) is 8.62.